The van der Waals surface area contributed by atoms with E-state index in [0.717, 1.165) is 0 Å². The lowest BCUT2D eigenvalue weighted by molar-refractivity contribution is 1.50. The van der Waals surface area contributed by atoms with Crippen molar-refractivity contribution in [3.05, 3.63) is 182 Å². The van der Waals surface area contributed by atoms with E-state index in [-0.39, 0.29) is 0 Å². The summed E-state index contributed by atoms with van der Waals surface area (Å²) < 4.78 is 0. The maximum absolute atomic E-state index is 2.36. The second kappa shape index (κ2) is 12.7. The van der Waals surface area contributed by atoms with Crippen LogP contribution in [0.2, 0.25) is 0 Å². The van der Waals surface area contributed by atoms with Crippen LogP contribution >= 0.6 is 0 Å². The second-order valence-electron chi connectivity index (χ2n) is 12.1. The molecule has 9 aromatic rings. The Labute approximate surface area is 282 Å². The first-order valence-corrected chi connectivity index (χ1v) is 16.9. The molecule has 48 heavy (non-hydrogen) atoms. The van der Waals surface area contributed by atoms with E-state index >= 15 is 0 Å². The third-order valence-corrected chi connectivity index (χ3v) is 9.40. The third-order valence-electron chi connectivity index (χ3n) is 9.40. The summed E-state index contributed by atoms with van der Waals surface area (Å²) in [6.45, 7) is 4.00. The zero-order chi connectivity index (χ0) is 32.5. The molecule has 0 saturated heterocycles. The summed E-state index contributed by atoms with van der Waals surface area (Å²) >= 11 is 0. The highest BCUT2D eigenvalue weighted by atomic mass is 14.2. The van der Waals surface area contributed by atoms with Gasteiger partial charge in [0.1, 0.15) is 0 Å². The fourth-order valence-electron chi connectivity index (χ4n) is 7.17. The van der Waals surface area contributed by atoms with Gasteiger partial charge in [-0.15, -0.1) is 0 Å². The van der Waals surface area contributed by atoms with Gasteiger partial charge in [0.25, 0.3) is 0 Å². The Balaban J connectivity index is 0.00000165. The molecule has 0 bridgehead atoms. The third kappa shape index (κ3) is 5.22. The molecule has 0 N–H and O–H groups in total. The SMILES string of the molecule is CC.c1ccc(-c2ccc3cc(-c4c5ccccc5c(-c5ccc6cc(-c7ccccc7)ccc6c5)c5ccccc45)ccc3c2)cc1. The summed E-state index contributed by atoms with van der Waals surface area (Å²) in [5.41, 5.74) is 10.0. The second-order valence-corrected chi connectivity index (χ2v) is 12.1. The summed E-state index contributed by atoms with van der Waals surface area (Å²) in [5, 5.41) is 10.1. The molecule has 0 spiro atoms. The number of fused-ring (bicyclic) bond motifs is 4. The molecule has 0 nitrogen and oxygen atoms in total. The first-order valence-electron chi connectivity index (χ1n) is 16.9. The van der Waals surface area contributed by atoms with Gasteiger partial charge in [-0.3, -0.25) is 0 Å². The Morgan fingerprint density at radius 2 is 0.500 bits per heavy atom. The Hall–Kier alpha value is -5.98. The highest BCUT2D eigenvalue weighted by Crippen LogP contribution is 2.44. The van der Waals surface area contributed by atoms with Crippen LogP contribution in [0.4, 0.5) is 0 Å². The van der Waals surface area contributed by atoms with Gasteiger partial charge in [0.15, 0.2) is 0 Å². The van der Waals surface area contributed by atoms with Crippen LogP contribution in [0.15, 0.2) is 182 Å². The van der Waals surface area contributed by atoms with E-state index < -0.39 is 0 Å². The lowest BCUT2D eigenvalue weighted by Crippen LogP contribution is -1.91. The first kappa shape index (κ1) is 29.4. The van der Waals surface area contributed by atoms with Crippen molar-refractivity contribution < 1.29 is 0 Å². The van der Waals surface area contributed by atoms with Crippen molar-refractivity contribution in [3.63, 3.8) is 0 Å². The predicted octanol–water partition coefficient (Wildman–Crippen LogP) is 14.0. The molecule has 9 rings (SSSR count). The molecule has 0 atom stereocenters. The Kier molecular flexibility index (Phi) is 7.76. The molecule has 0 aromatic heterocycles. The highest BCUT2D eigenvalue weighted by Gasteiger charge is 2.17. The molecule has 9 aromatic carbocycles. The number of benzene rings is 9. The molecule has 0 aliphatic rings. The number of rotatable bonds is 4. The lowest BCUT2D eigenvalue weighted by Gasteiger charge is -2.18. The molecule has 0 heteroatoms. The minimum atomic E-state index is 1.24. The van der Waals surface area contributed by atoms with Gasteiger partial charge >= 0.3 is 0 Å². The van der Waals surface area contributed by atoms with E-state index in [1.54, 1.807) is 0 Å². The fraction of sp³-hybridized carbons (Fsp3) is 0.0417. The van der Waals surface area contributed by atoms with Gasteiger partial charge in [0, 0.05) is 0 Å². The van der Waals surface area contributed by atoms with Crippen molar-refractivity contribution in [3.8, 4) is 44.5 Å². The van der Waals surface area contributed by atoms with E-state index in [4.69, 9.17) is 0 Å². The maximum atomic E-state index is 2.36. The lowest BCUT2D eigenvalue weighted by atomic mass is 9.85. The van der Waals surface area contributed by atoms with E-state index in [1.165, 1.54) is 87.6 Å². The average molecular weight is 613 g/mol. The summed E-state index contributed by atoms with van der Waals surface area (Å²) in [5.74, 6) is 0. The van der Waals surface area contributed by atoms with Crippen LogP contribution in [0.3, 0.4) is 0 Å². The number of hydrogen-bond acceptors (Lipinski definition) is 0. The van der Waals surface area contributed by atoms with Crippen LogP contribution in [0.5, 0.6) is 0 Å². The van der Waals surface area contributed by atoms with E-state index in [0.29, 0.717) is 0 Å². The molecule has 0 fully saturated rings. The summed E-state index contributed by atoms with van der Waals surface area (Å²) in [7, 11) is 0. The van der Waals surface area contributed by atoms with Gasteiger partial charge in [-0.2, -0.15) is 0 Å². The van der Waals surface area contributed by atoms with Crippen molar-refractivity contribution in [1.82, 2.24) is 0 Å². The summed E-state index contributed by atoms with van der Waals surface area (Å²) in [4.78, 5) is 0. The Morgan fingerprint density at radius 1 is 0.229 bits per heavy atom. The Bertz CT molecular complexity index is 2320. The van der Waals surface area contributed by atoms with Gasteiger partial charge in [0.2, 0.25) is 0 Å². The minimum absolute atomic E-state index is 1.24. The van der Waals surface area contributed by atoms with Gasteiger partial charge in [-0.25, -0.2) is 0 Å². The molecule has 0 radical (unpaired) electrons. The molecule has 228 valence electrons. The van der Waals surface area contributed by atoms with Gasteiger partial charge in [0.05, 0.1) is 0 Å². The summed E-state index contributed by atoms with van der Waals surface area (Å²) in [6.07, 6.45) is 0. The quantitative estimate of drug-likeness (QED) is 0.173. The van der Waals surface area contributed by atoms with Gasteiger partial charge in [-0.1, -0.05) is 172 Å². The maximum Gasteiger partial charge on any atom is -0.00262 e. The topological polar surface area (TPSA) is 0 Å². The predicted molar refractivity (Wildman–Crippen MR) is 210 cm³/mol. The largest absolute Gasteiger partial charge is 0.0683 e. The normalized spacial score (nSPS) is 11.1. The molecule has 0 saturated carbocycles. The van der Waals surface area contributed by atoms with Crippen LogP contribution in [-0.2, 0) is 0 Å². The van der Waals surface area contributed by atoms with Crippen LogP contribution in [0.25, 0.3) is 87.6 Å². The van der Waals surface area contributed by atoms with Crippen LogP contribution < -0.4 is 0 Å². The van der Waals surface area contributed by atoms with Gasteiger partial charge < -0.3 is 0 Å². The highest BCUT2D eigenvalue weighted by molar-refractivity contribution is 6.22. The van der Waals surface area contributed by atoms with Crippen molar-refractivity contribution in [2.75, 3.05) is 0 Å². The number of hydrogen-bond donors (Lipinski definition) is 0. The zero-order valence-electron chi connectivity index (χ0n) is 27.3. The van der Waals surface area contributed by atoms with Crippen molar-refractivity contribution in [2.24, 2.45) is 0 Å². The molecule has 0 unspecified atom stereocenters. The molecule has 0 heterocycles. The smallest absolute Gasteiger partial charge is 0.00262 e. The molecule has 0 aliphatic carbocycles. The average Bonchev–Trinajstić information content (AvgIpc) is 3.17. The molecule has 0 aliphatic heterocycles. The fourth-order valence-corrected chi connectivity index (χ4v) is 7.17. The van der Waals surface area contributed by atoms with Crippen LogP contribution in [0, 0.1) is 0 Å². The minimum Gasteiger partial charge on any atom is -0.0683 e. The van der Waals surface area contributed by atoms with Crippen molar-refractivity contribution in [2.45, 2.75) is 13.8 Å². The zero-order valence-corrected chi connectivity index (χ0v) is 27.3. The van der Waals surface area contributed by atoms with Crippen LogP contribution in [0.1, 0.15) is 13.8 Å². The molecular formula is C48H36. The summed E-state index contributed by atoms with van der Waals surface area (Å²) in [6, 6.07) is 66.5. The first-order chi connectivity index (χ1) is 23.8. The van der Waals surface area contributed by atoms with Crippen LogP contribution in [-0.4, -0.2) is 0 Å². The van der Waals surface area contributed by atoms with E-state index in [9.17, 15) is 0 Å². The monoisotopic (exact) mass is 612 g/mol. The standard InChI is InChI=1S/C46H30.C2H6/c1-3-11-31(12-4-1)33-19-21-37-29-39(25-23-35(37)27-33)45-41-15-7-9-17-43(41)46(44-18-10-8-16-42(44)45)40-26-24-36-28-34(20-22-38(36)30-40)32-13-5-2-6-14-32;1-2/h1-30H;1-2H3. The van der Waals surface area contributed by atoms with Crippen molar-refractivity contribution >= 4 is 43.1 Å². The molecule has 0 amide bonds. The van der Waals surface area contributed by atoms with Crippen molar-refractivity contribution in [1.29, 1.82) is 0 Å². The van der Waals surface area contributed by atoms with E-state index in [2.05, 4.69) is 182 Å². The molecular weight excluding hydrogens is 577 g/mol. The van der Waals surface area contributed by atoms with Gasteiger partial charge in [-0.05, 0) is 112 Å². The Morgan fingerprint density at radius 3 is 0.833 bits per heavy atom. The van der Waals surface area contributed by atoms with E-state index in [1.807, 2.05) is 13.8 Å².